The van der Waals surface area contributed by atoms with E-state index in [0.717, 1.165) is 15.4 Å². The summed E-state index contributed by atoms with van der Waals surface area (Å²) in [4.78, 5) is 24.7. The second-order valence-corrected chi connectivity index (χ2v) is 6.63. The average molecular weight is 361 g/mol. The number of nitrogens with zero attached hydrogens (tertiary/aromatic N) is 1. The third-order valence-electron chi connectivity index (χ3n) is 3.65. The van der Waals surface area contributed by atoms with Crippen LogP contribution in [0.15, 0.2) is 94.7 Å². The van der Waals surface area contributed by atoms with Gasteiger partial charge in [-0.2, -0.15) is 0 Å². The van der Waals surface area contributed by atoms with Crippen molar-refractivity contribution in [2.24, 2.45) is 0 Å². The third-order valence-corrected chi connectivity index (χ3v) is 4.66. The number of hydrogen-bond acceptors (Lipinski definition) is 4. The van der Waals surface area contributed by atoms with E-state index in [2.05, 4.69) is 0 Å². The Bertz CT molecular complexity index is 933. The minimum Gasteiger partial charge on any atom is -0.289 e. The van der Waals surface area contributed by atoms with Crippen LogP contribution in [-0.4, -0.2) is 10.7 Å². The molecular weight excluding hydrogens is 346 g/mol. The molecule has 128 valence electrons. The zero-order chi connectivity index (χ0) is 18.4. The first-order valence-electron chi connectivity index (χ1n) is 7.92. The lowest BCUT2D eigenvalue weighted by Crippen LogP contribution is -1.93. The van der Waals surface area contributed by atoms with E-state index in [4.69, 9.17) is 0 Å². The zero-order valence-corrected chi connectivity index (χ0v) is 14.6. The van der Waals surface area contributed by atoms with E-state index in [1.807, 2.05) is 42.5 Å². The Hall–Kier alpha value is -3.18. The molecule has 0 N–H and O–H groups in total. The predicted octanol–water partition coefficient (Wildman–Crippen LogP) is 5.64. The van der Waals surface area contributed by atoms with Crippen LogP contribution in [0, 0.1) is 10.1 Å². The number of ketones is 1. The Balaban J connectivity index is 1.65. The minimum absolute atomic E-state index is 0.0278. The van der Waals surface area contributed by atoms with Gasteiger partial charge in [0.25, 0.3) is 5.69 Å². The Morgan fingerprint density at radius 1 is 0.846 bits per heavy atom. The van der Waals surface area contributed by atoms with E-state index in [1.54, 1.807) is 42.1 Å². The van der Waals surface area contributed by atoms with Gasteiger partial charge in [0, 0.05) is 27.5 Å². The molecule has 0 aliphatic heterocycles. The molecule has 0 saturated heterocycles. The van der Waals surface area contributed by atoms with Gasteiger partial charge in [0.05, 0.1) is 4.92 Å². The maximum Gasteiger partial charge on any atom is 0.269 e. The number of allylic oxidation sites excluding steroid dienone is 1. The zero-order valence-electron chi connectivity index (χ0n) is 13.7. The normalized spacial score (nSPS) is 10.8. The molecule has 0 heterocycles. The first kappa shape index (κ1) is 17.6. The van der Waals surface area contributed by atoms with Crippen LogP contribution in [0.5, 0.6) is 0 Å². The lowest BCUT2D eigenvalue weighted by molar-refractivity contribution is -0.384. The van der Waals surface area contributed by atoms with Crippen LogP contribution < -0.4 is 0 Å². The Morgan fingerprint density at radius 3 is 2.08 bits per heavy atom. The molecule has 0 fully saturated rings. The fourth-order valence-electron chi connectivity index (χ4n) is 2.29. The molecule has 0 aromatic heterocycles. The van der Waals surface area contributed by atoms with Gasteiger partial charge in [-0.1, -0.05) is 36.0 Å². The van der Waals surface area contributed by atoms with E-state index in [-0.39, 0.29) is 11.5 Å². The van der Waals surface area contributed by atoms with Gasteiger partial charge in [-0.3, -0.25) is 14.9 Å². The van der Waals surface area contributed by atoms with Crippen molar-refractivity contribution in [2.75, 3.05) is 0 Å². The summed E-state index contributed by atoms with van der Waals surface area (Å²) >= 11 is 1.64. The number of carbonyl (C=O) groups is 1. The van der Waals surface area contributed by atoms with Crippen molar-refractivity contribution in [3.05, 3.63) is 106 Å². The molecule has 3 rings (SSSR count). The molecule has 3 aromatic carbocycles. The SMILES string of the molecule is O=C(C=Cc1ccc([N+](=O)[O-])cc1)c1ccc(Sc2ccccc2)cc1. The molecule has 0 aliphatic rings. The lowest BCUT2D eigenvalue weighted by atomic mass is 10.1. The molecule has 3 aromatic rings. The predicted molar refractivity (Wildman–Crippen MR) is 103 cm³/mol. The largest absolute Gasteiger partial charge is 0.289 e. The topological polar surface area (TPSA) is 60.2 Å². The molecule has 0 saturated carbocycles. The van der Waals surface area contributed by atoms with Crippen molar-refractivity contribution in [2.45, 2.75) is 9.79 Å². The summed E-state index contributed by atoms with van der Waals surface area (Å²) in [5, 5.41) is 10.6. The molecule has 0 radical (unpaired) electrons. The molecule has 0 bridgehead atoms. The number of nitro benzene ring substituents is 1. The highest BCUT2D eigenvalue weighted by Gasteiger charge is 2.05. The molecule has 26 heavy (non-hydrogen) atoms. The van der Waals surface area contributed by atoms with E-state index in [0.29, 0.717) is 5.56 Å². The van der Waals surface area contributed by atoms with Gasteiger partial charge in [0.15, 0.2) is 5.78 Å². The summed E-state index contributed by atoms with van der Waals surface area (Å²) in [5.74, 6) is -0.111. The van der Waals surface area contributed by atoms with Crippen molar-refractivity contribution >= 4 is 29.3 Å². The van der Waals surface area contributed by atoms with Gasteiger partial charge in [0.2, 0.25) is 0 Å². The van der Waals surface area contributed by atoms with E-state index < -0.39 is 4.92 Å². The smallest absolute Gasteiger partial charge is 0.269 e. The van der Waals surface area contributed by atoms with E-state index >= 15 is 0 Å². The van der Waals surface area contributed by atoms with Crippen molar-refractivity contribution in [1.82, 2.24) is 0 Å². The van der Waals surface area contributed by atoms with Crippen LogP contribution in [0.3, 0.4) is 0 Å². The molecule has 0 atom stereocenters. The lowest BCUT2D eigenvalue weighted by Gasteiger charge is -2.02. The highest BCUT2D eigenvalue weighted by atomic mass is 32.2. The maximum absolute atomic E-state index is 12.3. The van der Waals surface area contributed by atoms with Crippen LogP contribution in [0.2, 0.25) is 0 Å². The Kier molecular flexibility index (Phi) is 5.61. The molecule has 4 nitrogen and oxygen atoms in total. The van der Waals surface area contributed by atoms with Crippen LogP contribution >= 0.6 is 11.8 Å². The average Bonchev–Trinajstić information content (AvgIpc) is 2.68. The van der Waals surface area contributed by atoms with E-state index in [1.165, 1.54) is 18.2 Å². The maximum atomic E-state index is 12.3. The number of nitro groups is 1. The quantitative estimate of drug-likeness (QED) is 0.247. The van der Waals surface area contributed by atoms with Gasteiger partial charge in [0.1, 0.15) is 0 Å². The van der Waals surface area contributed by atoms with Gasteiger partial charge in [-0.25, -0.2) is 0 Å². The monoisotopic (exact) mass is 361 g/mol. The number of carbonyl (C=O) groups excluding carboxylic acids is 1. The van der Waals surface area contributed by atoms with E-state index in [9.17, 15) is 14.9 Å². The number of benzene rings is 3. The summed E-state index contributed by atoms with van der Waals surface area (Å²) in [6, 6.07) is 23.5. The Morgan fingerprint density at radius 2 is 1.46 bits per heavy atom. The van der Waals surface area contributed by atoms with Crippen molar-refractivity contribution in [3.8, 4) is 0 Å². The first-order chi connectivity index (χ1) is 12.6. The summed E-state index contributed by atoms with van der Waals surface area (Å²) in [7, 11) is 0. The fourth-order valence-corrected chi connectivity index (χ4v) is 3.12. The van der Waals surface area contributed by atoms with Crippen molar-refractivity contribution in [3.63, 3.8) is 0 Å². The first-order valence-corrected chi connectivity index (χ1v) is 8.73. The molecule has 0 aliphatic carbocycles. The van der Waals surface area contributed by atoms with Crippen molar-refractivity contribution < 1.29 is 9.72 Å². The molecule has 5 heteroatoms. The van der Waals surface area contributed by atoms with Gasteiger partial charge >= 0.3 is 0 Å². The van der Waals surface area contributed by atoms with Gasteiger partial charge in [-0.05, 0) is 60.2 Å². The second-order valence-electron chi connectivity index (χ2n) is 5.49. The summed E-state index contributed by atoms with van der Waals surface area (Å²) in [5.41, 5.74) is 1.36. The molecule has 0 unspecified atom stereocenters. The molecule has 0 spiro atoms. The third kappa shape index (κ3) is 4.68. The van der Waals surface area contributed by atoms with Crippen LogP contribution in [0.1, 0.15) is 15.9 Å². The number of non-ortho nitro benzene ring substituents is 1. The second kappa shape index (κ2) is 8.27. The highest BCUT2D eigenvalue weighted by Crippen LogP contribution is 2.27. The van der Waals surface area contributed by atoms with Crippen LogP contribution in [0.4, 0.5) is 5.69 Å². The van der Waals surface area contributed by atoms with Crippen LogP contribution in [0.25, 0.3) is 6.08 Å². The molecular formula is C21H15NO3S. The van der Waals surface area contributed by atoms with Crippen molar-refractivity contribution in [1.29, 1.82) is 0 Å². The summed E-state index contributed by atoms with van der Waals surface area (Å²) in [6.07, 6.45) is 3.12. The number of rotatable bonds is 6. The van der Waals surface area contributed by atoms with Crippen LogP contribution in [-0.2, 0) is 0 Å². The molecule has 0 amide bonds. The van der Waals surface area contributed by atoms with Gasteiger partial charge < -0.3 is 0 Å². The minimum atomic E-state index is -0.451. The fraction of sp³-hybridized carbons (Fsp3) is 0. The summed E-state index contributed by atoms with van der Waals surface area (Å²) in [6.45, 7) is 0. The summed E-state index contributed by atoms with van der Waals surface area (Å²) < 4.78 is 0. The standard InChI is InChI=1S/C21H15NO3S/c23-21(15-8-16-6-11-18(12-7-16)22(24)25)17-9-13-20(14-10-17)26-19-4-2-1-3-5-19/h1-15H. The van der Waals surface area contributed by atoms with Gasteiger partial charge in [-0.15, -0.1) is 0 Å². The Labute approximate surface area is 155 Å². The highest BCUT2D eigenvalue weighted by molar-refractivity contribution is 7.99. The number of hydrogen-bond donors (Lipinski definition) is 0.